The molecule has 0 aliphatic carbocycles. The van der Waals surface area contributed by atoms with E-state index in [9.17, 15) is 5.11 Å². The molecule has 5 aromatic rings. The van der Waals surface area contributed by atoms with Crippen LogP contribution in [0.2, 0.25) is 5.02 Å². The fraction of sp³-hybridized carbons (Fsp3) is 0.0968. The van der Waals surface area contributed by atoms with Gasteiger partial charge in [-0.15, -0.1) is 0 Å². The van der Waals surface area contributed by atoms with E-state index in [0.717, 1.165) is 45.2 Å². The molecule has 0 heterocycles. The lowest BCUT2D eigenvalue weighted by Gasteiger charge is -2.17. The number of aromatic hydroxyl groups is 1. The third-order valence-electron chi connectivity index (χ3n) is 6.09. The van der Waals surface area contributed by atoms with E-state index in [1.807, 2.05) is 54.6 Å². The van der Waals surface area contributed by atoms with Gasteiger partial charge in [-0.3, -0.25) is 0 Å². The molecule has 0 aliphatic heterocycles. The Balaban J connectivity index is 1.59. The van der Waals surface area contributed by atoms with Gasteiger partial charge in [0.15, 0.2) is 0 Å². The van der Waals surface area contributed by atoms with Crippen molar-refractivity contribution in [2.24, 2.45) is 0 Å². The number of phenols is 1. The molecule has 0 aromatic heterocycles. The zero-order chi connectivity index (χ0) is 23.3. The lowest BCUT2D eigenvalue weighted by molar-refractivity contribution is 0.304. The highest BCUT2D eigenvalue weighted by Gasteiger charge is 2.15. The quantitative estimate of drug-likeness (QED) is 0.264. The van der Waals surface area contributed by atoms with Gasteiger partial charge in [0.05, 0.1) is 0 Å². The minimum atomic E-state index is 0.261. The summed E-state index contributed by atoms with van der Waals surface area (Å²) in [4.78, 5) is 0. The molecule has 0 saturated heterocycles. The molecule has 0 aliphatic rings. The van der Waals surface area contributed by atoms with Gasteiger partial charge in [-0.2, -0.15) is 0 Å². The molecule has 0 fully saturated rings. The molecular formula is C31H25ClO2. The molecule has 2 nitrogen and oxygen atoms in total. The van der Waals surface area contributed by atoms with Gasteiger partial charge >= 0.3 is 0 Å². The third-order valence-corrected chi connectivity index (χ3v) is 6.46. The van der Waals surface area contributed by atoms with E-state index in [-0.39, 0.29) is 5.75 Å². The van der Waals surface area contributed by atoms with Crippen LogP contribution in [0, 0.1) is 0 Å². The van der Waals surface area contributed by atoms with Crippen molar-refractivity contribution in [3.05, 3.63) is 142 Å². The molecule has 34 heavy (non-hydrogen) atoms. The molecule has 5 rings (SSSR count). The summed E-state index contributed by atoms with van der Waals surface area (Å²) in [5, 5.41) is 13.5. The van der Waals surface area contributed by atoms with Crippen LogP contribution in [0.3, 0.4) is 0 Å². The van der Waals surface area contributed by atoms with Crippen molar-refractivity contribution in [1.29, 1.82) is 0 Å². The maximum Gasteiger partial charge on any atom is 0.123 e. The molecule has 0 atom stereocenters. The molecule has 0 unspecified atom stereocenters. The lowest BCUT2D eigenvalue weighted by Crippen LogP contribution is -2.01. The van der Waals surface area contributed by atoms with Crippen LogP contribution in [0.25, 0.3) is 10.8 Å². The van der Waals surface area contributed by atoms with E-state index in [0.29, 0.717) is 18.1 Å². The van der Waals surface area contributed by atoms with Gasteiger partial charge in [-0.1, -0.05) is 96.5 Å². The zero-order valence-electron chi connectivity index (χ0n) is 18.7. The van der Waals surface area contributed by atoms with E-state index < -0.39 is 0 Å². The monoisotopic (exact) mass is 464 g/mol. The van der Waals surface area contributed by atoms with Crippen molar-refractivity contribution in [2.75, 3.05) is 0 Å². The predicted molar refractivity (Wildman–Crippen MR) is 140 cm³/mol. The molecule has 168 valence electrons. The number of fused-ring (bicyclic) bond motifs is 1. The summed E-state index contributed by atoms with van der Waals surface area (Å²) >= 11 is 6.44. The number of benzene rings is 5. The molecule has 1 N–H and O–H groups in total. The van der Waals surface area contributed by atoms with Crippen LogP contribution in [0.5, 0.6) is 11.5 Å². The SMILES string of the molecule is Oc1ccc2cc(Cc3ccccc3)c(OCc3ccccc3)cc2c1Cc1ccccc1Cl. The van der Waals surface area contributed by atoms with Gasteiger partial charge in [0.2, 0.25) is 0 Å². The summed E-state index contributed by atoms with van der Waals surface area (Å²) in [6, 6.07) is 36.3. The highest BCUT2D eigenvalue weighted by molar-refractivity contribution is 6.31. The molecule has 0 bridgehead atoms. The van der Waals surface area contributed by atoms with Gasteiger partial charge in [0.1, 0.15) is 18.1 Å². The Morgan fingerprint density at radius 3 is 2.06 bits per heavy atom. The first-order valence-corrected chi connectivity index (χ1v) is 11.8. The summed E-state index contributed by atoms with van der Waals surface area (Å²) in [7, 11) is 0. The standard InChI is InChI=1S/C31H25ClO2/c32-29-14-8-7-13-25(29)19-28-27-20-31(34-21-23-11-5-2-6-12-23)26(17-22-9-3-1-4-10-22)18-24(27)15-16-30(28)33/h1-16,18,20,33H,17,19,21H2. The molecule has 0 radical (unpaired) electrons. The summed E-state index contributed by atoms with van der Waals surface area (Å²) in [6.07, 6.45) is 1.31. The van der Waals surface area contributed by atoms with Gasteiger partial charge in [0.25, 0.3) is 0 Å². The first kappa shape index (κ1) is 22.1. The summed E-state index contributed by atoms with van der Waals surface area (Å²) < 4.78 is 6.36. The Kier molecular flexibility index (Phi) is 6.51. The normalized spacial score (nSPS) is 11.0. The number of hydrogen-bond donors (Lipinski definition) is 1. The van der Waals surface area contributed by atoms with Crippen LogP contribution in [0.15, 0.2) is 109 Å². The smallest absolute Gasteiger partial charge is 0.123 e. The topological polar surface area (TPSA) is 29.5 Å². The van der Waals surface area contributed by atoms with Gasteiger partial charge in [0, 0.05) is 23.4 Å². The molecule has 3 heteroatoms. The summed E-state index contributed by atoms with van der Waals surface area (Å²) in [6.45, 7) is 0.479. The number of halogens is 1. The van der Waals surface area contributed by atoms with Gasteiger partial charge < -0.3 is 9.84 Å². The van der Waals surface area contributed by atoms with Gasteiger partial charge in [-0.25, -0.2) is 0 Å². The third kappa shape index (κ3) is 4.93. The van der Waals surface area contributed by atoms with E-state index in [1.165, 1.54) is 5.56 Å². The van der Waals surface area contributed by atoms with Crippen LogP contribution in [-0.2, 0) is 19.4 Å². The van der Waals surface area contributed by atoms with Crippen molar-refractivity contribution in [2.45, 2.75) is 19.4 Å². The molecule has 0 spiro atoms. The Labute approximate surface area is 205 Å². The zero-order valence-corrected chi connectivity index (χ0v) is 19.5. The number of hydrogen-bond acceptors (Lipinski definition) is 2. The minimum absolute atomic E-state index is 0.261. The highest BCUT2D eigenvalue weighted by Crippen LogP contribution is 2.36. The largest absolute Gasteiger partial charge is 0.508 e. The van der Waals surface area contributed by atoms with E-state index in [1.54, 1.807) is 6.07 Å². The van der Waals surface area contributed by atoms with Crippen LogP contribution in [0.4, 0.5) is 0 Å². The first-order valence-electron chi connectivity index (χ1n) is 11.4. The maximum atomic E-state index is 10.8. The Bertz CT molecular complexity index is 1410. The molecule has 0 saturated carbocycles. The number of phenolic OH excluding ortho intramolecular Hbond substituents is 1. The Hall–Kier alpha value is -3.75. The Morgan fingerprint density at radius 2 is 1.32 bits per heavy atom. The van der Waals surface area contributed by atoms with Crippen molar-refractivity contribution in [3.8, 4) is 11.5 Å². The van der Waals surface area contributed by atoms with E-state index >= 15 is 0 Å². The van der Waals surface area contributed by atoms with Crippen LogP contribution in [-0.4, -0.2) is 5.11 Å². The molecule has 0 amide bonds. The predicted octanol–water partition coefficient (Wildman–Crippen LogP) is 7.96. The molecular weight excluding hydrogens is 440 g/mol. The number of ether oxygens (including phenoxy) is 1. The first-order chi connectivity index (χ1) is 16.7. The van der Waals surface area contributed by atoms with E-state index in [4.69, 9.17) is 16.3 Å². The minimum Gasteiger partial charge on any atom is -0.508 e. The molecule has 5 aromatic carbocycles. The number of rotatable bonds is 7. The Morgan fingerprint density at radius 1 is 0.647 bits per heavy atom. The fourth-order valence-electron chi connectivity index (χ4n) is 4.29. The second kappa shape index (κ2) is 10.0. The average Bonchev–Trinajstić information content (AvgIpc) is 2.87. The van der Waals surface area contributed by atoms with Crippen molar-refractivity contribution in [3.63, 3.8) is 0 Å². The van der Waals surface area contributed by atoms with Crippen LogP contribution < -0.4 is 4.74 Å². The van der Waals surface area contributed by atoms with Crippen LogP contribution >= 0.6 is 11.6 Å². The van der Waals surface area contributed by atoms with Crippen molar-refractivity contribution >= 4 is 22.4 Å². The van der Waals surface area contributed by atoms with Crippen molar-refractivity contribution in [1.82, 2.24) is 0 Å². The average molecular weight is 465 g/mol. The van der Waals surface area contributed by atoms with Crippen molar-refractivity contribution < 1.29 is 9.84 Å². The maximum absolute atomic E-state index is 10.8. The second-order valence-corrected chi connectivity index (χ2v) is 8.86. The van der Waals surface area contributed by atoms with Crippen LogP contribution in [0.1, 0.15) is 27.8 Å². The highest BCUT2D eigenvalue weighted by atomic mass is 35.5. The summed E-state index contributed by atoms with van der Waals surface area (Å²) in [5.41, 5.74) is 5.28. The fourth-order valence-corrected chi connectivity index (χ4v) is 4.49. The lowest BCUT2D eigenvalue weighted by atomic mass is 9.94. The summed E-state index contributed by atoms with van der Waals surface area (Å²) in [5.74, 6) is 1.09. The van der Waals surface area contributed by atoms with Gasteiger partial charge in [-0.05, 0) is 57.3 Å². The second-order valence-electron chi connectivity index (χ2n) is 8.45. The van der Waals surface area contributed by atoms with E-state index in [2.05, 4.69) is 48.5 Å².